The van der Waals surface area contributed by atoms with Crippen molar-refractivity contribution in [2.45, 2.75) is 43.0 Å². The van der Waals surface area contributed by atoms with E-state index in [2.05, 4.69) is 26.0 Å². The van der Waals surface area contributed by atoms with Crippen LogP contribution >= 0.6 is 15.9 Å². The number of halogens is 1. The van der Waals surface area contributed by atoms with Gasteiger partial charge in [0.05, 0.1) is 7.11 Å². The van der Waals surface area contributed by atoms with Crippen molar-refractivity contribution in [3.8, 4) is 5.75 Å². The highest BCUT2D eigenvalue weighted by Gasteiger charge is 2.26. The highest BCUT2D eigenvalue weighted by Crippen LogP contribution is 2.27. The van der Waals surface area contributed by atoms with Crippen LogP contribution in [0.1, 0.15) is 42.5 Å². The minimum Gasteiger partial charge on any atom is -0.495 e. The standard InChI is InChI=1S/C20H23BrN2O4S/c1-27-18-12-7-14(20(24)22-16-10-8-15(21)9-11-16)13-19(18)28(25,26)23-17-5-3-2-4-6-17/h7-13,17,23H,2-6H2,1H3,(H,22,24). The molecule has 0 unspecified atom stereocenters. The molecule has 2 aromatic rings. The third-order valence-electron chi connectivity index (χ3n) is 4.74. The lowest BCUT2D eigenvalue weighted by atomic mass is 9.96. The molecule has 2 aromatic carbocycles. The Hall–Kier alpha value is -1.90. The zero-order valence-electron chi connectivity index (χ0n) is 15.6. The quantitative estimate of drug-likeness (QED) is 0.663. The minimum absolute atomic E-state index is 0.0240. The fourth-order valence-corrected chi connectivity index (χ4v) is 5.03. The first-order chi connectivity index (χ1) is 13.4. The van der Waals surface area contributed by atoms with Gasteiger partial charge in [0.1, 0.15) is 10.6 Å². The van der Waals surface area contributed by atoms with Crippen molar-refractivity contribution < 1.29 is 17.9 Å². The molecule has 0 spiro atoms. The molecule has 6 nitrogen and oxygen atoms in total. The third kappa shape index (κ3) is 5.12. The van der Waals surface area contributed by atoms with E-state index in [0.717, 1.165) is 36.6 Å². The molecule has 0 bridgehead atoms. The number of rotatable bonds is 6. The van der Waals surface area contributed by atoms with Gasteiger partial charge in [0.2, 0.25) is 10.0 Å². The third-order valence-corrected chi connectivity index (χ3v) is 6.81. The van der Waals surface area contributed by atoms with E-state index in [-0.39, 0.29) is 28.2 Å². The molecular weight excluding hydrogens is 444 g/mol. The highest BCUT2D eigenvalue weighted by molar-refractivity contribution is 9.10. The predicted molar refractivity (Wildman–Crippen MR) is 112 cm³/mol. The van der Waals surface area contributed by atoms with Crippen LogP contribution in [-0.2, 0) is 10.0 Å². The van der Waals surface area contributed by atoms with Gasteiger partial charge < -0.3 is 10.1 Å². The molecule has 2 N–H and O–H groups in total. The fourth-order valence-electron chi connectivity index (χ4n) is 3.27. The normalized spacial score (nSPS) is 15.2. The monoisotopic (exact) mass is 466 g/mol. The highest BCUT2D eigenvalue weighted by atomic mass is 79.9. The van der Waals surface area contributed by atoms with Gasteiger partial charge in [-0.3, -0.25) is 4.79 Å². The van der Waals surface area contributed by atoms with Crippen molar-refractivity contribution in [1.29, 1.82) is 0 Å². The van der Waals surface area contributed by atoms with Gasteiger partial charge in [-0.05, 0) is 55.3 Å². The lowest BCUT2D eigenvalue weighted by Gasteiger charge is -2.23. The number of methoxy groups -OCH3 is 1. The average Bonchev–Trinajstić information content (AvgIpc) is 2.69. The smallest absolute Gasteiger partial charge is 0.255 e. The van der Waals surface area contributed by atoms with Crippen LogP contribution in [0.4, 0.5) is 5.69 Å². The van der Waals surface area contributed by atoms with Crippen molar-refractivity contribution in [1.82, 2.24) is 4.72 Å². The van der Waals surface area contributed by atoms with Gasteiger partial charge in [-0.25, -0.2) is 13.1 Å². The molecule has 1 aliphatic carbocycles. The van der Waals surface area contributed by atoms with E-state index >= 15 is 0 Å². The summed E-state index contributed by atoms with van der Waals surface area (Å²) in [6.07, 6.45) is 4.81. The number of nitrogens with one attached hydrogen (secondary N) is 2. The number of hydrogen-bond acceptors (Lipinski definition) is 4. The molecule has 0 saturated heterocycles. The van der Waals surface area contributed by atoms with E-state index in [9.17, 15) is 13.2 Å². The Morgan fingerprint density at radius 3 is 2.39 bits per heavy atom. The van der Waals surface area contributed by atoms with Crippen LogP contribution in [0.5, 0.6) is 5.75 Å². The van der Waals surface area contributed by atoms with Crippen molar-refractivity contribution >= 4 is 37.5 Å². The molecule has 8 heteroatoms. The SMILES string of the molecule is COc1ccc(C(=O)Nc2ccc(Br)cc2)cc1S(=O)(=O)NC1CCCCC1. The molecular formula is C20H23BrN2O4S. The summed E-state index contributed by atoms with van der Waals surface area (Å²) in [6.45, 7) is 0. The number of hydrogen-bond donors (Lipinski definition) is 2. The Morgan fingerprint density at radius 1 is 1.07 bits per heavy atom. The average molecular weight is 467 g/mol. The van der Waals surface area contributed by atoms with E-state index in [1.165, 1.54) is 19.2 Å². The summed E-state index contributed by atoms with van der Waals surface area (Å²) >= 11 is 3.34. The van der Waals surface area contributed by atoms with Crippen LogP contribution in [0.25, 0.3) is 0 Å². The zero-order chi connectivity index (χ0) is 20.1. The van der Waals surface area contributed by atoms with Gasteiger partial charge in [-0.15, -0.1) is 0 Å². The van der Waals surface area contributed by atoms with Crippen molar-refractivity contribution in [3.63, 3.8) is 0 Å². The molecule has 0 atom stereocenters. The van der Waals surface area contributed by atoms with E-state index in [1.54, 1.807) is 18.2 Å². The molecule has 1 aliphatic rings. The first-order valence-corrected chi connectivity index (χ1v) is 11.4. The lowest BCUT2D eigenvalue weighted by molar-refractivity contribution is 0.102. The number of amides is 1. The summed E-state index contributed by atoms with van der Waals surface area (Å²) in [5, 5.41) is 2.77. The summed E-state index contributed by atoms with van der Waals surface area (Å²) in [5.74, 6) is -0.178. The summed E-state index contributed by atoms with van der Waals surface area (Å²) < 4.78 is 34.7. The molecule has 28 heavy (non-hydrogen) atoms. The second-order valence-corrected chi connectivity index (χ2v) is 9.38. The Bertz CT molecular complexity index is 939. The number of anilines is 1. The number of ether oxygens (including phenoxy) is 1. The molecule has 0 aromatic heterocycles. The largest absolute Gasteiger partial charge is 0.495 e. The zero-order valence-corrected chi connectivity index (χ0v) is 18.0. The number of carbonyl (C=O) groups excluding carboxylic acids is 1. The molecule has 0 radical (unpaired) electrons. The van der Waals surface area contributed by atoms with Gasteiger partial charge >= 0.3 is 0 Å². The van der Waals surface area contributed by atoms with Gasteiger partial charge in [0.25, 0.3) is 5.91 Å². The topological polar surface area (TPSA) is 84.5 Å². The number of benzene rings is 2. The van der Waals surface area contributed by atoms with Gasteiger partial charge in [-0.2, -0.15) is 0 Å². The predicted octanol–water partition coefficient (Wildman–Crippen LogP) is 4.32. The summed E-state index contributed by atoms with van der Waals surface area (Å²) in [6, 6.07) is 11.5. The first-order valence-electron chi connectivity index (χ1n) is 9.16. The van der Waals surface area contributed by atoms with Crippen LogP contribution in [0.15, 0.2) is 51.8 Å². The van der Waals surface area contributed by atoms with Crippen molar-refractivity contribution in [2.24, 2.45) is 0 Å². The fraction of sp³-hybridized carbons (Fsp3) is 0.350. The Balaban J connectivity index is 1.84. The van der Waals surface area contributed by atoms with Crippen molar-refractivity contribution in [3.05, 3.63) is 52.5 Å². The first kappa shape index (κ1) is 20.8. The molecule has 3 rings (SSSR count). The molecule has 1 saturated carbocycles. The van der Waals surface area contributed by atoms with Crippen LogP contribution in [0.2, 0.25) is 0 Å². The van der Waals surface area contributed by atoms with Gasteiger partial charge in [-0.1, -0.05) is 35.2 Å². The van der Waals surface area contributed by atoms with Gasteiger partial charge in [0.15, 0.2) is 0 Å². The molecule has 1 amide bonds. The Labute approximate surface area is 173 Å². The summed E-state index contributed by atoms with van der Waals surface area (Å²) in [7, 11) is -2.39. The lowest BCUT2D eigenvalue weighted by Crippen LogP contribution is -2.36. The maximum Gasteiger partial charge on any atom is 0.255 e. The second-order valence-electron chi connectivity index (χ2n) is 6.78. The second kappa shape index (κ2) is 9.07. The number of sulfonamides is 1. The summed E-state index contributed by atoms with van der Waals surface area (Å²) in [4.78, 5) is 12.6. The number of carbonyl (C=O) groups is 1. The molecule has 1 fully saturated rings. The van der Waals surface area contributed by atoms with Crippen LogP contribution < -0.4 is 14.8 Å². The maximum absolute atomic E-state index is 12.9. The molecule has 150 valence electrons. The van der Waals surface area contributed by atoms with Crippen molar-refractivity contribution in [2.75, 3.05) is 12.4 Å². The van der Waals surface area contributed by atoms with E-state index < -0.39 is 10.0 Å². The molecule has 0 heterocycles. The Morgan fingerprint density at radius 2 is 1.75 bits per heavy atom. The van der Waals surface area contributed by atoms with E-state index in [4.69, 9.17) is 4.74 Å². The van der Waals surface area contributed by atoms with E-state index in [1.807, 2.05) is 12.1 Å². The molecule has 0 aliphatic heterocycles. The minimum atomic E-state index is -3.80. The van der Waals surface area contributed by atoms with Crippen LogP contribution in [0.3, 0.4) is 0 Å². The van der Waals surface area contributed by atoms with Crippen LogP contribution in [0, 0.1) is 0 Å². The van der Waals surface area contributed by atoms with Crippen LogP contribution in [-0.4, -0.2) is 27.5 Å². The Kier molecular flexibility index (Phi) is 6.74. The maximum atomic E-state index is 12.9. The van der Waals surface area contributed by atoms with E-state index in [0.29, 0.717) is 5.69 Å². The van der Waals surface area contributed by atoms with Gasteiger partial charge in [0, 0.05) is 21.8 Å². The summed E-state index contributed by atoms with van der Waals surface area (Å²) in [5.41, 5.74) is 0.862.